The van der Waals surface area contributed by atoms with Gasteiger partial charge in [-0.05, 0) is 42.8 Å². The van der Waals surface area contributed by atoms with E-state index < -0.39 is 0 Å². The van der Waals surface area contributed by atoms with E-state index in [1.165, 1.54) is 4.90 Å². The van der Waals surface area contributed by atoms with Crippen LogP contribution in [0.3, 0.4) is 0 Å². The average molecular weight is 345 g/mol. The summed E-state index contributed by atoms with van der Waals surface area (Å²) in [6, 6.07) is 10.5. The molecule has 1 aromatic carbocycles. The zero-order chi connectivity index (χ0) is 17.1. The Morgan fingerprint density at radius 3 is 2.71 bits per heavy atom. The van der Waals surface area contributed by atoms with Crippen molar-refractivity contribution in [2.45, 2.75) is 6.92 Å². The van der Waals surface area contributed by atoms with Gasteiger partial charge < -0.3 is 10.2 Å². The van der Waals surface area contributed by atoms with Gasteiger partial charge in [0.25, 0.3) is 0 Å². The van der Waals surface area contributed by atoms with E-state index in [9.17, 15) is 9.59 Å². The molecule has 1 aliphatic rings. The lowest BCUT2D eigenvalue weighted by Crippen LogP contribution is -2.37. The van der Waals surface area contributed by atoms with E-state index in [0.29, 0.717) is 23.9 Å². The molecule has 0 spiro atoms. The molecule has 124 valence electrons. The number of halogens is 1. The first kappa shape index (κ1) is 16.3. The third-order valence-electron chi connectivity index (χ3n) is 3.83. The Labute approximate surface area is 145 Å². The molecule has 3 amide bonds. The van der Waals surface area contributed by atoms with Crippen LogP contribution in [0.2, 0.25) is 5.02 Å². The molecular weight excluding hydrogens is 328 g/mol. The molecule has 0 unspecified atom stereocenters. The van der Waals surface area contributed by atoms with E-state index in [1.807, 2.05) is 13.0 Å². The summed E-state index contributed by atoms with van der Waals surface area (Å²) in [6.07, 6.45) is 1.62. The Bertz CT molecular complexity index is 763. The summed E-state index contributed by atoms with van der Waals surface area (Å²) in [5.41, 5.74) is 1.65. The van der Waals surface area contributed by atoms with Crippen molar-refractivity contribution >= 4 is 35.0 Å². The molecule has 0 bridgehead atoms. The van der Waals surface area contributed by atoms with Gasteiger partial charge in [-0.1, -0.05) is 17.7 Å². The van der Waals surface area contributed by atoms with E-state index >= 15 is 0 Å². The number of hydrogen-bond donors (Lipinski definition) is 1. The summed E-state index contributed by atoms with van der Waals surface area (Å²) in [6.45, 7) is 2.90. The van der Waals surface area contributed by atoms with Crippen LogP contribution in [0.1, 0.15) is 5.56 Å². The normalized spacial score (nSPS) is 14.2. The minimum atomic E-state index is -0.261. The molecule has 1 aliphatic heterocycles. The molecule has 3 rings (SSSR count). The maximum Gasteiger partial charge on any atom is 0.325 e. The third-order valence-corrected chi connectivity index (χ3v) is 4.09. The number of anilines is 2. The topological polar surface area (TPSA) is 65.5 Å². The third kappa shape index (κ3) is 3.49. The largest absolute Gasteiger partial charge is 0.325 e. The molecule has 0 atom stereocenters. The number of carbonyl (C=O) groups is 2. The molecule has 2 aromatic rings. The Hall–Kier alpha value is -2.60. The van der Waals surface area contributed by atoms with Crippen molar-refractivity contribution in [1.82, 2.24) is 9.88 Å². The highest BCUT2D eigenvalue weighted by Crippen LogP contribution is 2.22. The monoisotopic (exact) mass is 344 g/mol. The molecule has 7 heteroatoms. The summed E-state index contributed by atoms with van der Waals surface area (Å²) in [4.78, 5) is 31.9. The number of rotatable bonds is 4. The van der Waals surface area contributed by atoms with E-state index in [-0.39, 0.29) is 18.5 Å². The van der Waals surface area contributed by atoms with Gasteiger partial charge in [0, 0.05) is 30.0 Å². The molecule has 2 heterocycles. The van der Waals surface area contributed by atoms with Gasteiger partial charge in [0.2, 0.25) is 5.91 Å². The zero-order valence-corrected chi connectivity index (χ0v) is 14.0. The molecule has 1 N–H and O–H groups in total. The van der Waals surface area contributed by atoms with Crippen LogP contribution in [-0.2, 0) is 4.79 Å². The van der Waals surface area contributed by atoms with Crippen LogP contribution in [0.15, 0.2) is 42.6 Å². The van der Waals surface area contributed by atoms with Gasteiger partial charge >= 0.3 is 6.03 Å². The lowest BCUT2D eigenvalue weighted by Gasteiger charge is -2.18. The Morgan fingerprint density at radius 1 is 1.25 bits per heavy atom. The van der Waals surface area contributed by atoms with Gasteiger partial charge in [-0.2, -0.15) is 0 Å². The van der Waals surface area contributed by atoms with Crippen molar-refractivity contribution in [3.63, 3.8) is 0 Å². The first-order valence-corrected chi connectivity index (χ1v) is 7.96. The van der Waals surface area contributed by atoms with E-state index in [2.05, 4.69) is 10.3 Å². The molecule has 1 saturated heterocycles. The fourth-order valence-corrected chi connectivity index (χ4v) is 2.68. The Kier molecular flexibility index (Phi) is 4.66. The maximum absolute atomic E-state index is 12.5. The van der Waals surface area contributed by atoms with Crippen molar-refractivity contribution in [3.8, 4) is 0 Å². The van der Waals surface area contributed by atoms with Crippen LogP contribution in [-0.4, -0.2) is 41.5 Å². The average Bonchev–Trinajstić information content (AvgIpc) is 2.91. The van der Waals surface area contributed by atoms with Crippen molar-refractivity contribution < 1.29 is 9.59 Å². The van der Waals surface area contributed by atoms with Gasteiger partial charge in [0.05, 0.1) is 0 Å². The number of benzene rings is 1. The standard InChI is InChI=1S/C17H17ClN4O2/c1-12-3-2-8-19-16(12)20-15(23)11-21-9-10-22(17(21)24)14-6-4-13(18)5-7-14/h2-8H,9-11H2,1H3,(H,19,20,23). The number of urea groups is 1. The zero-order valence-electron chi connectivity index (χ0n) is 13.2. The van der Waals surface area contributed by atoms with Crippen LogP contribution < -0.4 is 10.2 Å². The predicted molar refractivity (Wildman–Crippen MR) is 93.4 cm³/mol. The van der Waals surface area contributed by atoms with Crippen molar-refractivity contribution in [2.24, 2.45) is 0 Å². The molecule has 24 heavy (non-hydrogen) atoms. The van der Waals surface area contributed by atoms with Crippen molar-refractivity contribution in [1.29, 1.82) is 0 Å². The lowest BCUT2D eigenvalue weighted by molar-refractivity contribution is -0.116. The van der Waals surface area contributed by atoms with Crippen LogP contribution in [0.4, 0.5) is 16.3 Å². The Morgan fingerprint density at radius 2 is 2.00 bits per heavy atom. The fraction of sp³-hybridized carbons (Fsp3) is 0.235. The number of aromatic nitrogens is 1. The number of aryl methyl sites for hydroxylation is 1. The summed E-state index contributed by atoms with van der Waals surface area (Å²) in [7, 11) is 0. The van der Waals surface area contributed by atoms with Gasteiger partial charge in [0.15, 0.2) is 0 Å². The number of carbonyl (C=O) groups excluding carboxylic acids is 2. The van der Waals surface area contributed by atoms with E-state index in [4.69, 9.17) is 11.6 Å². The summed E-state index contributed by atoms with van der Waals surface area (Å²) in [5.74, 6) is 0.256. The number of pyridine rings is 1. The number of nitrogens with zero attached hydrogens (tertiary/aromatic N) is 3. The number of amides is 3. The van der Waals surface area contributed by atoms with Crippen molar-refractivity contribution in [2.75, 3.05) is 29.9 Å². The van der Waals surface area contributed by atoms with Gasteiger partial charge in [-0.15, -0.1) is 0 Å². The van der Waals surface area contributed by atoms with Gasteiger partial charge in [-0.25, -0.2) is 9.78 Å². The van der Waals surface area contributed by atoms with Crippen LogP contribution in [0, 0.1) is 6.92 Å². The quantitative estimate of drug-likeness (QED) is 0.927. The van der Waals surface area contributed by atoms with E-state index in [0.717, 1.165) is 11.3 Å². The second kappa shape index (κ2) is 6.88. The summed E-state index contributed by atoms with van der Waals surface area (Å²) in [5, 5.41) is 3.36. The minimum absolute atomic E-state index is 0.00105. The molecule has 1 aromatic heterocycles. The summed E-state index contributed by atoms with van der Waals surface area (Å²) >= 11 is 5.87. The molecular formula is C17H17ClN4O2. The molecule has 6 nitrogen and oxygen atoms in total. The fourth-order valence-electron chi connectivity index (χ4n) is 2.55. The second-order valence-electron chi connectivity index (χ2n) is 5.55. The Balaban J connectivity index is 1.62. The van der Waals surface area contributed by atoms with Crippen LogP contribution in [0.5, 0.6) is 0 Å². The minimum Gasteiger partial charge on any atom is -0.313 e. The molecule has 0 saturated carbocycles. The molecule has 0 aliphatic carbocycles. The van der Waals surface area contributed by atoms with Gasteiger partial charge in [-0.3, -0.25) is 9.69 Å². The second-order valence-corrected chi connectivity index (χ2v) is 5.99. The molecule has 0 radical (unpaired) electrons. The van der Waals surface area contributed by atoms with E-state index in [1.54, 1.807) is 41.4 Å². The predicted octanol–water partition coefficient (Wildman–Crippen LogP) is 2.92. The van der Waals surface area contributed by atoms with Crippen LogP contribution in [0.25, 0.3) is 0 Å². The highest BCUT2D eigenvalue weighted by atomic mass is 35.5. The maximum atomic E-state index is 12.5. The first-order chi connectivity index (χ1) is 11.5. The van der Waals surface area contributed by atoms with Gasteiger partial charge in [0.1, 0.15) is 12.4 Å². The van der Waals surface area contributed by atoms with Crippen molar-refractivity contribution in [3.05, 3.63) is 53.2 Å². The smallest absolute Gasteiger partial charge is 0.313 e. The number of hydrogen-bond acceptors (Lipinski definition) is 3. The highest BCUT2D eigenvalue weighted by molar-refractivity contribution is 6.30. The lowest BCUT2D eigenvalue weighted by atomic mass is 10.3. The number of nitrogens with one attached hydrogen (secondary N) is 1. The SMILES string of the molecule is Cc1cccnc1NC(=O)CN1CCN(c2ccc(Cl)cc2)C1=O. The van der Waals surface area contributed by atoms with Crippen LogP contribution >= 0.6 is 11.6 Å². The molecule has 1 fully saturated rings. The first-order valence-electron chi connectivity index (χ1n) is 7.58. The highest BCUT2D eigenvalue weighted by Gasteiger charge is 2.30. The summed E-state index contributed by atoms with van der Waals surface area (Å²) < 4.78 is 0.